The lowest BCUT2D eigenvalue weighted by atomic mass is 10.0. The number of aryl methyl sites for hydroxylation is 2. The number of halogens is 2. The third-order valence-corrected chi connectivity index (χ3v) is 4.43. The summed E-state index contributed by atoms with van der Waals surface area (Å²) in [5, 5.41) is 0. The van der Waals surface area contributed by atoms with Crippen molar-refractivity contribution in [2.75, 3.05) is 0 Å². The molecule has 5 heteroatoms. The number of aromatic amines is 1. The first kappa shape index (κ1) is 17.9. The first-order valence-electron chi connectivity index (χ1n) is 8.85. The van der Waals surface area contributed by atoms with Gasteiger partial charge in [-0.05, 0) is 61.4 Å². The Morgan fingerprint density at radius 1 is 0.857 bits per heavy atom. The van der Waals surface area contributed by atoms with E-state index in [4.69, 9.17) is 4.74 Å². The molecule has 0 aliphatic rings. The van der Waals surface area contributed by atoms with Crippen molar-refractivity contribution in [1.29, 1.82) is 0 Å². The number of H-pyrrole nitrogens is 1. The molecule has 0 saturated heterocycles. The molecule has 28 heavy (non-hydrogen) atoms. The molecule has 0 bridgehead atoms. The second-order valence-electron chi connectivity index (χ2n) is 6.70. The summed E-state index contributed by atoms with van der Waals surface area (Å²) in [4.78, 5) is 7.45. The zero-order valence-electron chi connectivity index (χ0n) is 15.5. The van der Waals surface area contributed by atoms with Gasteiger partial charge in [0.2, 0.25) is 0 Å². The molecule has 0 atom stereocenters. The predicted molar refractivity (Wildman–Crippen MR) is 105 cm³/mol. The van der Waals surface area contributed by atoms with E-state index in [1.807, 2.05) is 26.1 Å². The van der Waals surface area contributed by atoms with Crippen LogP contribution in [0.2, 0.25) is 0 Å². The monoisotopic (exact) mass is 376 g/mol. The molecule has 4 aromatic rings. The lowest BCUT2D eigenvalue weighted by molar-refractivity contribution is 0.442. The van der Waals surface area contributed by atoms with Crippen molar-refractivity contribution in [2.45, 2.75) is 13.8 Å². The minimum atomic E-state index is -0.522. The summed E-state index contributed by atoms with van der Waals surface area (Å²) in [6.07, 6.45) is 3.48. The van der Waals surface area contributed by atoms with E-state index < -0.39 is 5.82 Å². The van der Waals surface area contributed by atoms with Gasteiger partial charge in [-0.15, -0.1) is 0 Å². The first-order chi connectivity index (χ1) is 13.5. The summed E-state index contributed by atoms with van der Waals surface area (Å²) in [5.74, 6) is -0.418. The van der Waals surface area contributed by atoms with Crippen LogP contribution in [0.5, 0.6) is 11.5 Å². The number of aromatic nitrogens is 2. The molecule has 0 saturated carbocycles. The molecular formula is C23H18F2N2O. The van der Waals surface area contributed by atoms with Gasteiger partial charge in [0.25, 0.3) is 0 Å². The Hall–Kier alpha value is -3.47. The van der Waals surface area contributed by atoms with Crippen LogP contribution in [-0.2, 0) is 0 Å². The van der Waals surface area contributed by atoms with Gasteiger partial charge in [0.05, 0.1) is 11.4 Å². The summed E-state index contributed by atoms with van der Waals surface area (Å²) in [7, 11) is 0. The van der Waals surface area contributed by atoms with Gasteiger partial charge < -0.3 is 9.72 Å². The van der Waals surface area contributed by atoms with Crippen molar-refractivity contribution in [2.24, 2.45) is 0 Å². The molecule has 0 radical (unpaired) electrons. The van der Waals surface area contributed by atoms with Crippen LogP contribution in [-0.4, -0.2) is 9.97 Å². The Balaban J connectivity index is 1.68. The summed E-state index contributed by atoms with van der Waals surface area (Å²) < 4.78 is 34.3. The molecular weight excluding hydrogens is 358 g/mol. The highest BCUT2D eigenvalue weighted by Gasteiger charge is 2.12. The van der Waals surface area contributed by atoms with Gasteiger partial charge in [-0.1, -0.05) is 17.7 Å². The van der Waals surface area contributed by atoms with Gasteiger partial charge in [-0.3, -0.25) is 4.98 Å². The number of hydrogen-bond donors (Lipinski definition) is 1. The maximum atomic E-state index is 14.3. The third-order valence-electron chi connectivity index (χ3n) is 4.43. The zero-order valence-corrected chi connectivity index (χ0v) is 15.5. The van der Waals surface area contributed by atoms with Crippen LogP contribution in [0.25, 0.3) is 22.5 Å². The van der Waals surface area contributed by atoms with E-state index >= 15 is 0 Å². The van der Waals surface area contributed by atoms with E-state index in [9.17, 15) is 8.78 Å². The molecule has 1 N–H and O–H groups in total. The van der Waals surface area contributed by atoms with Crippen LogP contribution in [0.3, 0.4) is 0 Å². The lowest BCUT2D eigenvalue weighted by Crippen LogP contribution is -1.92. The van der Waals surface area contributed by atoms with E-state index in [1.54, 1.807) is 36.5 Å². The van der Waals surface area contributed by atoms with E-state index in [1.165, 1.54) is 18.2 Å². The summed E-state index contributed by atoms with van der Waals surface area (Å²) in [5.41, 5.74) is 4.49. The van der Waals surface area contributed by atoms with Gasteiger partial charge in [-0.2, -0.15) is 0 Å². The first-order valence-corrected chi connectivity index (χ1v) is 8.85. The van der Waals surface area contributed by atoms with Gasteiger partial charge in [0.15, 0.2) is 11.6 Å². The molecule has 0 spiro atoms. The van der Waals surface area contributed by atoms with E-state index in [2.05, 4.69) is 9.97 Å². The quantitative estimate of drug-likeness (QED) is 0.446. The van der Waals surface area contributed by atoms with Crippen molar-refractivity contribution in [3.8, 4) is 34.0 Å². The van der Waals surface area contributed by atoms with E-state index in [0.29, 0.717) is 22.6 Å². The van der Waals surface area contributed by atoms with Crippen molar-refractivity contribution in [1.82, 2.24) is 9.97 Å². The van der Waals surface area contributed by atoms with Gasteiger partial charge >= 0.3 is 0 Å². The van der Waals surface area contributed by atoms with Crippen LogP contribution in [0.15, 0.2) is 67.0 Å². The number of benzene rings is 2. The Labute approximate surface area is 161 Å². The maximum absolute atomic E-state index is 14.3. The molecule has 3 nitrogen and oxygen atoms in total. The molecule has 0 fully saturated rings. The number of ether oxygens (including phenoxy) is 1. The molecule has 2 aromatic carbocycles. The SMILES string of the molecule is Cc1c[nH]c(-c2cc(Oc3cc(-c4cc(C)ccc4F)ccc3F)ccn2)c1. The highest BCUT2D eigenvalue weighted by atomic mass is 19.1. The van der Waals surface area contributed by atoms with Crippen molar-refractivity contribution in [3.63, 3.8) is 0 Å². The molecule has 0 aliphatic heterocycles. The Morgan fingerprint density at radius 2 is 1.68 bits per heavy atom. The van der Waals surface area contributed by atoms with Crippen LogP contribution in [0, 0.1) is 25.5 Å². The lowest BCUT2D eigenvalue weighted by Gasteiger charge is -2.11. The minimum absolute atomic E-state index is 0.0261. The third kappa shape index (κ3) is 3.64. The van der Waals surface area contributed by atoms with Crippen molar-refractivity contribution < 1.29 is 13.5 Å². The Kier molecular flexibility index (Phi) is 4.65. The summed E-state index contributed by atoms with van der Waals surface area (Å²) in [6.45, 7) is 3.86. The summed E-state index contributed by atoms with van der Waals surface area (Å²) >= 11 is 0. The number of nitrogens with one attached hydrogen (secondary N) is 1. The van der Waals surface area contributed by atoms with Gasteiger partial charge in [0, 0.05) is 24.0 Å². The average molecular weight is 376 g/mol. The molecule has 0 amide bonds. The highest BCUT2D eigenvalue weighted by molar-refractivity contribution is 5.67. The topological polar surface area (TPSA) is 37.9 Å². The zero-order chi connectivity index (χ0) is 19.7. The van der Waals surface area contributed by atoms with Crippen LogP contribution >= 0.6 is 0 Å². The van der Waals surface area contributed by atoms with E-state index in [0.717, 1.165) is 16.8 Å². The normalized spacial score (nSPS) is 10.9. The minimum Gasteiger partial charge on any atom is -0.454 e. The van der Waals surface area contributed by atoms with Crippen LogP contribution in [0.1, 0.15) is 11.1 Å². The second kappa shape index (κ2) is 7.27. The smallest absolute Gasteiger partial charge is 0.165 e. The van der Waals surface area contributed by atoms with Crippen LogP contribution < -0.4 is 4.74 Å². The Bertz CT molecular complexity index is 1150. The maximum Gasteiger partial charge on any atom is 0.165 e. The van der Waals surface area contributed by atoms with Gasteiger partial charge in [-0.25, -0.2) is 8.78 Å². The average Bonchev–Trinajstić information content (AvgIpc) is 3.12. The van der Waals surface area contributed by atoms with E-state index in [-0.39, 0.29) is 11.6 Å². The number of nitrogens with zero attached hydrogens (tertiary/aromatic N) is 1. The van der Waals surface area contributed by atoms with Crippen molar-refractivity contribution >= 4 is 0 Å². The number of rotatable bonds is 4. The van der Waals surface area contributed by atoms with Crippen molar-refractivity contribution in [3.05, 3.63) is 89.8 Å². The second-order valence-corrected chi connectivity index (χ2v) is 6.70. The number of pyridine rings is 1. The molecule has 0 aliphatic carbocycles. The fourth-order valence-electron chi connectivity index (χ4n) is 3.01. The molecule has 2 aromatic heterocycles. The molecule has 0 unspecified atom stereocenters. The molecule has 4 rings (SSSR count). The molecule has 2 heterocycles. The van der Waals surface area contributed by atoms with Gasteiger partial charge in [0.1, 0.15) is 11.6 Å². The Morgan fingerprint density at radius 3 is 2.46 bits per heavy atom. The largest absolute Gasteiger partial charge is 0.454 e. The summed E-state index contributed by atoms with van der Waals surface area (Å²) in [6, 6.07) is 14.5. The van der Waals surface area contributed by atoms with Crippen LogP contribution in [0.4, 0.5) is 8.78 Å². The fraction of sp³-hybridized carbons (Fsp3) is 0.0870. The molecule has 140 valence electrons. The standard InChI is InChI=1S/C23H18F2N2O/c1-14-3-5-19(24)18(9-14)16-4-6-20(25)23(11-16)28-17-7-8-26-22(12-17)21-10-15(2)13-27-21/h3-13,27H,1-2H3. The fourth-order valence-corrected chi connectivity index (χ4v) is 3.01. The number of hydrogen-bond acceptors (Lipinski definition) is 2. The highest BCUT2D eigenvalue weighted by Crippen LogP contribution is 2.32. The predicted octanol–water partition coefficient (Wildman–Crippen LogP) is 6.43.